The minimum atomic E-state index is -1.04. The van der Waals surface area contributed by atoms with Crippen molar-refractivity contribution in [3.8, 4) is 11.8 Å². The van der Waals surface area contributed by atoms with Gasteiger partial charge >= 0.3 is 0 Å². The van der Waals surface area contributed by atoms with Crippen LogP contribution in [0.5, 0.6) is 0 Å². The van der Waals surface area contributed by atoms with Crippen LogP contribution in [0.1, 0.15) is 30.0 Å². The summed E-state index contributed by atoms with van der Waals surface area (Å²) in [6.07, 6.45) is 2.97. The van der Waals surface area contributed by atoms with Gasteiger partial charge in [-0.3, -0.25) is 5.32 Å². The van der Waals surface area contributed by atoms with Gasteiger partial charge in [-0.1, -0.05) is 11.8 Å². The molecule has 2 N–H and O–H groups in total. The fourth-order valence-corrected chi connectivity index (χ4v) is 3.72. The van der Waals surface area contributed by atoms with E-state index in [1.165, 1.54) is 11.3 Å². The van der Waals surface area contributed by atoms with Gasteiger partial charge in [-0.25, -0.2) is 15.0 Å². The van der Waals surface area contributed by atoms with E-state index in [0.29, 0.717) is 16.9 Å². The molecule has 0 aromatic carbocycles. The zero-order chi connectivity index (χ0) is 20.4. The highest BCUT2D eigenvalue weighted by atomic mass is 32.1. The molecule has 0 saturated heterocycles. The predicted octanol–water partition coefficient (Wildman–Crippen LogP) is 1.68. The van der Waals surface area contributed by atoms with Gasteiger partial charge in [-0.15, -0.1) is 11.3 Å². The Morgan fingerprint density at radius 1 is 1.28 bits per heavy atom. The summed E-state index contributed by atoms with van der Waals surface area (Å²) >= 11 is 1.53. The van der Waals surface area contributed by atoms with Crippen LogP contribution in [0.3, 0.4) is 0 Å². The molecule has 4 heterocycles. The number of aliphatic hydroxyl groups is 1. The highest BCUT2D eigenvalue weighted by Gasteiger charge is 2.22. The lowest BCUT2D eigenvalue weighted by atomic mass is 10.1. The van der Waals surface area contributed by atoms with Crippen LogP contribution in [0.15, 0.2) is 62.6 Å². The molecule has 0 radical (unpaired) electrons. The fourth-order valence-electron chi connectivity index (χ4n) is 2.86. The molecule has 0 aliphatic carbocycles. The number of fused-ring (bicyclic) bond motifs is 1. The summed E-state index contributed by atoms with van der Waals surface area (Å²) in [6.45, 7) is 3.32. The normalized spacial score (nSPS) is 16.2. The van der Waals surface area contributed by atoms with Crippen LogP contribution in [-0.4, -0.2) is 34.6 Å². The fraction of sp³-hybridized carbons (Fsp3) is 0.227. The lowest BCUT2D eigenvalue weighted by Crippen LogP contribution is -2.36. The number of likely N-dealkylation sites (N-methyl/N-ethyl adjacent to an activating group) is 1. The van der Waals surface area contributed by atoms with E-state index in [4.69, 9.17) is 14.4 Å². The van der Waals surface area contributed by atoms with Crippen molar-refractivity contribution in [2.45, 2.75) is 25.6 Å². The number of thiophene rings is 1. The van der Waals surface area contributed by atoms with Gasteiger partial charge in [0, 0.05) is 22.4 Å². The SMILES string of the molecule is CNC1N=c2ncccc2=C(c2ccco2)N=C1c1cc(C#CC(C)(C)O)cs1. The largest absolute Gasteiger partial charge is 0.463 e. The Kier molecular flexibility index (Phi) is 5.16. The highest BCUT2D eigenvalue weighted by Crippen LogP contribution is 2.22. The summed E-state index contributed by atoms with van der Waals surface area (Å²) in [5, 5.41) is 15.8. The smallest absolute Gasteiger partial charge is 0.158 e. The van der Waals surface area contributed by atoms with Gasteiger partial charge in [-0.2, -0.15) is 0 Å². The van der Waals surface area contributed by atoms with Crippen molar-refractivity contribution in [2.24, 2.45) is 9.98 Å². The average molecular weight is 404 g/mol. The molecule has 146 valence electrons. The Balaban J connectivity index is 1.88. The second-order valence-electron chi connectivity index (χ2n) is 7.03. The van der Waals surface area contributed by atoms with Crippen molar-refractivity contribution in [1.82, 2.24) is 10.3 Å². The van der Waals surface area contributed by atoms with Crippen molar-refractivity contribution in [2.75, 3.05) is 7.05 Å². The molecule has 4 rings (SSSR count). The predicted molar refractivity (Wildman–Crippen MR) is 113 cm³/mol. The summed E-state index contributed by atoms with van der Waals surface area (Å²) in [6, 6.07) is 9.48. The van der Waals surface area contributed by atoms with Crippen molar-refractivity contribution in [3.05, 3.63) is 75.1 Å². The molecule has 0 fully saturated rings. The Hall–Kier alpha value is -3.05. The molecule has 0 spiro atoms. The Bertz CT molecular complexity index is 1240. The zero-order valence-electron chi connectivity index (χ0n) is 16.3. The first-order valence-corrected chi connectivity index (χ1v) is 10.00. The van der Waals surface area contributed by atoms with Crippen molar-refractivity contribution in [1.29, 1.82) is 0 Å². The van der Waals surface area contributed by atoms with E-state index in [2.05, 4.69) is 22.1 Å². The monoisotopic (exact) mass is 404 g/mol. The topological polar surface area (TPSA) is 83.0 Å². The third-order valence-electron chi connectivity index (χ3n) is 4.18. The first-order chi connectivity index (χ1) is 13.9. The van der Waals surface area contributed by atoms with Gasteiger partial charge in [0.2, 0.25) is 0 Å². The van der Waals surface area contributed by atoms with Gasteiger partial charge in [-0.05, 0) is 51.2 Å². The number of rotatable bonds is 3. The van der Waals surface area contributed by atoms with Crippen LogP contribution in [0.25, 0.3) is 5.70 Å². The van der Waals surface area contributed by atoms with Crippen molar-refractivity contribution < 1.29 is 9.52 Å². The standard InChI is InChI=1S/C22H20N4O2S/c1-22(2,27)9-8-14-12-17(29-13-14)19-21(23-3)26-20-15(6-4-10-24-20)18(25-19)16-7-5-11-28-16/h4-7,10-13,21,23,27H,1-3H3. The molecular formula is C22H20N4O2S. The van der Waals surface area contributed by atoms with Gasteiger partial charge in [0.05, 0.1) is 16.9 Å². The van der Waals surface area contributed by atoms with Crippen molar-refractivity contribution >= 4 is 22.7 Å². The second kappa shape index (κ2) is 7.76. The molecule has 0 saturated carbocycles. The molecule has 0 amide bonds. The summed E-state index contributed by atoms with van der Waals surface area (Å²) < 4.78 is 5.64. The van der Waals surface area contributed by atoms with Crippen molar-refractivity contribution in [3.63, 3.8) is 0 Å². The van der Waals surface area contributed by atoms with Crippen LogP contribution >= 0.6 is 11.3 Å². The maximum atomic E-state index is 9.85. The number of aliphatic imine (C=N–C) groups is 1. The molecule has 3 aromatic heterocycles. The van der Waals surface area contributed by atoms with Gasteiger partial charge < -0.3 is 9.52 Å². The van der Waals surface area contributed by atoms with Crippen LogP contribution in [0, 0.1) is 11.8 Å². The van der Waals surface area contributed by atoms with Crippen LogP contribution < -0.4 is 16.0 Å². The van der Waals surface area contributed by atoms with E-state index < -0.39 is 5.60 Å². The van der Waals surface area contributed by atoms with E-state index in [-0.39, 0.29) is 6.17 Å². The minimum Gasteiger partial charge on any atom is -0.463 e. The van der Waals surface area contributed by atoms with Crippen LogP contribution in [-0.2, 0) is 0 Å². The van der Waals surface area contributed by atoms with E-state index in [1.54, 1.807) is 26.3 Å². The zero-order valence-corrected chi connectivity index (χ0v) is 17.1. The number of pyridine rings is 1. The van der Waals surface area contributed by atoms with Gasteiger partial charge in [0.1, 0.15) is 17.5 Å². The summed E-state index contributed by atoms with van der Waals surface area (Å²) in [4.78, 5) is 15.1. The molecule has 7 heteroatoms. The number of nitrogens with zero attached hydrogens (tertiary/aromatic N) is 3. The van der Waals surface area contributed by atoms with Gasteiger partial charge in [0.25, 0.3) is 0 Å². The van der Waals surface area contributed by atoms with E-state index in [1.807, 2.05) is 42.8 Å². The number of furan rings is 1. The third kappa shape index (κ3) is 4.20. The number of hydrogen-bond acceptors (Lipinski definition) is 7. The Labute approximate surface area is 172 Å². The van der Waals surface area contributed by atoms with E-state index in [0.717, 1.165) is 21.4 Å². The van der Waals surface area contributed by atoms with E-state index in [9.17, 15) is 5.11 Å². The molecule has 1 atom stereocenters. The second-order valence-corrected chi connectivity index (χ2v) is 7.94. The lowest BCUT2D eigenvalue weighted by Gasteiger charge is -2.12. The summed E-state index contributed by atoms with van der Waals surface area (Å²) in [7, 11) is 1.84. The summed E-state index contributed by atoms with van der Waals surface area (Å²) in [5.41, 5.74) is 1.84. The average Bonchev–Trinajstić information content (AvgIpc) is 3.35. The molecule has 3 aromatic rings. The first kappa shape index (κ1) is 19.3. The third-order valence-corrected chi connectivity index (χ3v) is 5.13. The van der Waals surface area contributed by atoms with E-state index >= 15 is 0 Å². The molecule has 1 aliphatic heterocycles. The molecule has 29 heavy (non-hydrogen) atoms. The summed E-state index contributed by atoms with van der Waals surface area (Å²) in [5.74, 6) is 6.51. The molecular weight excluding hydrogens is 384 g/mol. The maximum absolute atomic E-state index is 9.85. The number of nitrogens with one attached hydrogen (secondary N) is 1. The quantitative estimate of drug-likeness (QED) is 0.651. The number of aromatic nitrogens is 1. The Morgan fingerprint density at radius 2 is 2.14 bits per heavy atom. The van der Waals surface area contributed by atoms with Crippen LogP contribution in [0.4, 0.5) is 0 Å². The molecule has 6 nitrogen and oxygen atoms in total. The molecule has 1 unspecified atom stereocenters. The molecule has 0 bridgehead atoms. The lowest BCUT2D eigenvalue weighted by molar-refractivity contribution is 0.143. The van der Waals surface area contributed by atoms with Gasteiger partial charge in [0.15, 0.2) is 11.2 Å². The maximum Gasteiger partial charge on any atom is 0.158 e. The highest BCUT2D eigenvalue weighted by molar-refractivity contribution is 7.12. The first-order valence-electron chi connectivity index (χ1n) is 9.12. The van der Waals surface area contributed by atoms with Crippen LogP contribution in [0.2, 0.25) is 0 Å². The Morgan fingerprint density at radius 3 is 2.86 bits per heavy atom. The number of hydrogen-bond donors (Lipinski definition) is 2. The molecule has 1 aliphatic rings. The minimum absolute atomic E-state index is 0.371.